The van der Waals surface area contributed by atoms with E-state index >= 15 is 0 Å². The number of hydrogen-bond donors (Lipinski definition) is 2. The second-order valence-electron chi connectivity index (χ2n) is 4.68. The quantitative estimate of drug-likeness (QED) is 0.640. The fraction of sp³-hybridized carbons (Fsp3) is 0.0667. The summed E-state index contributed by atoms with van der Waals surface area (Å²) >= 11 is 11.9. The lowest BCUT2D eigenvalue weighted by Gasteiger charge is -2.09. The molecule has 0 aliphatic carbocycles. The first-order valence-electron chi connectivity index (χ1n) is 6.65. The average molecular weight is 368 g/mol. The fourth-order valence-corrected chi connectivity index (χ4v) is 2.37. The Hall–Kier alpha value is -2.64. The van der Waals surface area contributed by atoms with Crippen molar-refractivity contribution < 1.29 is 14.5 Å². The van der Waals surface area contributed by atoms with Crippen LogP contribution >= 0.6 is 23.2 Å². The van der Waals surface area contributed by atoms with E-state index in [1.165, 1.54) is 24.3 Å². The van der Waals surface area contributed by atoms with Gasteiger partial charge in [0.25, 0.3) is 11.6 Å². The minimum Gasteiger partial charge on any atom is -0.273 e. The lowest BCUT2D eigenvalue weighted by atomic mass is 10.1. The number of hydrazine groups is 1. The van der Waals surface area contributed by atoms with Crippen LogP contribution < -0.4 is 10.9 Å². The molecule has 0 aromatic heterocycles. The summed E-state index contributed by atoms with van der Waals surface area (Å²) in [7, 11) is 0. The number of carbonyl (C=O) groups is 2. The van der Waals surface area contributed by atoms with Gasteiger partial charge < -0.3 is 0 Å². The summed E-state index contributed by atoms with van der Waals surface area (Å²) in [6, 6.07) is 9.81. The lowest BCUT2D eigenvalue weighted by Crippen LogP contribution is -2.42. The molecule has 2 aromatic carbocycles. The normalized spacial score (nSPS) is 10.1. The molecule has 0 heterocycles. The molecule has 0 aliphatic heterocycles. The minimum atomic E-state index is -0.608. The van der Waals surface area contributed by atoms with Gasteiger partial charge in [-0.25, -0.2) is 0 Å². The predicted octanol–water partition coefficient (Wildman–Crippen LogP) is 2.91. The molecule has 0 saturated heterocycles. The Kier molecular flexibility index (Phi) is 5.73. The Morgan fingerprint density at radius 2 is 1.58 bits per heavy atom. The highest BCUT2D eigenvalue weighted by molar-refractivity contribution is 6.36. The maximum absolute atomic E-state index is 11.9. The fourth-order valence-electron chi connectivity index (χ4n) is 1.84. The molecular formula is C15H11Cl2N3O4. The first-order chi connectivity index (χ1) is 11.4. The van der Waals surface area contributed by atoms with Gasteiger partial charge in [0.1, 0.15) is 0 Å². The van der Waals surface area contributed by atoms with Crippen molar-refractivity contribution in [1.82, 2.24) is 10.9 Å². The second kappa shape index (κ2) is 7.76. The third-order valence-corrected chi connectivity index (χ3v) is 3.76. The van der Waals surface area contributed by atoms with E-state index in [1.54, 1.807) is 18.2 Å². The Balaban J connectivity index is 1.94. The Morgan fingerprint density at radius 3 is 2.12 bits per heavy atom. The molecule has 0 aliphatic rings. The van der Waals surface area contributed by atoms with Crippen LogP contribution in [0.2, 0.25) is 10.0 Å². The van der Waals surface area contributed by atoms with Crippen LogP contribution in [-0.4, -0.2) is 16.7 Å². The van der Waals surface area contributed by atoms with Crippen LogP contribution in [-0.2, 0) is 11.2 Å². The van der Waals surface area contributed by atoms with Crippen molar-refractivity contribution in [2.45, 2.75) is 6.42 Å². The van der Waals surface area contributed by atoms with Crippen LogP contribution in [0.1, 0.15) is 15.9 Å². The minimum absolute atomic E-state index is 0.112. The van der Waals surface area contributed by atoms with Crippen LogP contribution in [0.15, 0.2) is 42.5 Å². The Morgan fingerprint density at radius 1 is 1.00 bits per heavy atom. The summed E-state index contributed by atoms with van der Waals surface area (Å²) < 4.78 is 0. The van der Waals surface area contributed by atoms with E-state index in [0.29, 0.717) is 15.6 Å². The number of hydrogen-bond acceptors (Lipinski definition) is 4. The van der Waals surface area contributed by atoms with E-state index in [-0.39, 0.29) is 17.7 Å². The van der Waals surface area contributed by atoms with E-state index < -0.39 is 16.7 Å². The number of benzene rings is 2. The van der Waals surface area contributed by atoms with E-state index in [4.69, 9.17) is 23.2 Å². The number of rotatable bonds is 4. The molecule has 0 spiro atoms. The molecule has 0 saturated carbocycles. The van der Waals surface area contributed by atoms with Crippen molar-refractivity contribution in [2.24, 2.45) is 0 Å². The maximum Gasteiger partial charge on any atom is 0.269 e. The average Bonchev–Trinajstić information content (AvgIpc) is 2.56. The van der Waals surface area contributed by atoms with Gasteiger partial charge in [0.05, 0.1) is 11.3 Å². The lowest BCUT2D eigenvalue weighted by molar-refractivity contribution is -0.384. The standard InChI is InChI=1S/C15H11Cl2N3O4/c16-12-2-1-3-13(17)11(12)8-14(21)18-19-15(22)9-4-6-10(7-5-9)20(23)24/h1-7H,8H2,(H,18,21)(H,19,22). The van der Waals surface area contributed by atoms with E-state index in [1.807, 2.05) is 0 Å². The highest BCUT2D eigenvalue weighted by Gasteiger charge is 2.13. The molecule has 0 atom stereocenters. The summed E-state index contributed by atoms with van der Waals surface area (Å²) in [6.07, 6.45) is -0.112. The monoisotopic (exact) mass is 367 g/mol. The van der Waals surface area contributed by atoms with Crippen molar-refractivity contribution in [3.05, 3.63) is 73.8 Å². The Bertz CT molecular complexity index is 774. The zero-order valence-electron chi connectivity index (χ0n) is 12.1. The highest BCUT2D eigenvalue weighted by atomic mass is 35.5. The molecule has 0 bridgehead atoms. The van der Waals surface area contributed by atoms with Crippen molar-refractivity contribution in [1.29, 1.82) is 0 Å². The van der Waals surface area contributed by atoms with Crippen LogP contribution in [0.4, 0.5) is 5.69 Å². The van der Waals surface area contributed by atoms with Crippen LogP contribution in [0.3, 0.4) is 0 Å². The molecule has 0 fully saturated rings. The molecule has 0 unspecified atom stereocenters. The number of nitrogens with one attached hydrogen (secondary N) is 2. The maximum atomic E-state index is 11.9. The van der Waals surface area contributed by atoms with Gasteiger partial charge in [0.2, 0.25) is 5.91 Å². The number of halogens is 2. The number of nitrogens with zero attached hydrogens (tertiary/aromatic N) is 1. The summed E-state index contributed by atoms with van der Waals surface area (Å²) in [5, 5.41) is 11.2. The second-order valence-corrected chi connectivity index (χ2v) is 5.50. The van der Waals surface area contributed by atoms with Crippen molar-refractivity contribution in [2.75, 3.05) is 0 Å². The van der Waals surface area contributed by atoms with Crippen LogP contribution in [0.5, 0.6) is 0 Å². The zero-order valence-corrected chi connectivity index (χ0v) is 13.6. The highest BCUT2D eigenvalue weighted by Crippen LogP contribution is 2.24. The largest absolute Gasteiger partial charge is 0.273 e. The van der Waals surface area contributed by atoms with Gasteiger partial charge in [-0.05, 0) is 29.8 Å². The molecule has 24 heavy (non-hydrogen) atoms. The van der Waals surface area contributed by atoms with Crippen molar-refractivity contribution >= 4 is 40.7 Å². The molecule has 7 nitrogen and oxygen atoms in total. The van der Waals surface area contributed by atoms with E-state index in [9.17, 15) is 19.7 Å². The zero-order chi connectivity index (χ0) is 17.7. The molecule has 0 radical (unpaired) electrons. The Labute approximate surface area is 146 Å². The van der Waals surface area contributed by atoms with Gasteiger partial charge in [-0.1, -0.05) is 29.3 Å². The molecule has 124 valence electrons. The van der Waals surface area contributed by atoms with Gasteiger partial charge in [0, 0.05) is 27.7 Å². The summed E-state index contributed by atoms with van der Waals surface area (Å²) in [4.78, 5) is 33.7. The summed E-state index contributed by atoms with van der Waals surface area (Å²) in [6.45, 7) is 0. The number of carbonyl (C=O) groups excluding carboxylic acids is 2. The molecular weight excluding hydrogens is 357 g/mol. The van der Waals surface area contributed by atoms with Gasteiger partial charge in [-0.3, -0.25) is 30.6 Å². The number of amides is 2. The van der Waals surface area contributed by atoms with Gasteiger partial charge >= 0.3 is 0 Å². The molecule has 2 amide bonds. The molecule has 2 rings (SSSR count). The van der Waals surface area contributed by atoms with Crippen molar-refractivity contribution in [3.63, 3.8) is 0 Å². The van der Waals surface area contributed by atoms with E-state index in [2.05, 4.69) is 10.9 Å². The van der Waals surface area contributed by atoms with Gasteiger partial charge in [-0.15, -0.1) is 0 Å². The third-order valence-electron chi connectivity index (χ3n) is 3.05. The number of nitro groups is 1. The third kappa shape index (κ3) is 4.43. The molecule has 2 N–H and O–H groups in total. The first-order valence-corrected chi connectivity index (χ1v) is 7.40. The van der Waals surface area contributed by atoms with Gasteiger partial charge in [-0.2, -0.15) is 0 Å². The smallest absolute Gasteiger partial charge is 0.269 e. The number of non-ortho nitro benzene ring substituents is 1. The summed E-state index contributed by atoms with van der Waals surface area (Å²) in [5.74, 6) is -1.12. The predicted molar refractivity (Wildman–Crippen MR) is 88.9 cm³/mol. The first kappa shape index (κ1) is 17.7. The SMILES string of the molecule is O=C(Cc1c(Cl)cccc1Cl)NNC(=O)c1ccc([N+](=O)[O-])cc1. The van der Waals surface area contributed by atoms with Gasteiger partial charge in [0.15, 0.2) is 0 Å². The molecule has 2 aromatic rings. The topological polar surface area (TPSA) is 101 Å². The van der Waals surface area contributed by atoms with Crippen LogP contribution in [0, 0.1) is 10.1 Å². The van der Waals surface area contributed by atoms with Crippen molar-refractivity contribution in [3.8, 4) is 0 Å². The summed E-state index contributed by atoms with van der Waals surface area (Å²) in [5.41, 5.74) is 4.92. The van der Waals surface area contributed by atoms with Crippen LogP contribution in [0.25, 0.3) is 0 Å². The molecule has 9 heteroatoms. The van der Waals surface area contributed by atoms with E-state index in [0.717, 1.165) is 0 Å². The number of nitro benzene ring substituents is 1.